The monoisotopic (exact) mass is 294 g/mol. The number of aromatic nitrogens is 1. The van der Waals surface area contributed by atoms with Crippen LogP contribution in [-0.4, -0.2) is 11.6 Å². The normalized spacial score (nSPS) is 10.7. The molecule has 21 heavy (non-hydrogen) atoms. The lowest BCUT2D eigenvalue weighted by molar-refractivity contribution is 0.260. The van der Waals surface area contributed by atoms with Crippen molar-refractivity contribution in [1.82, 2.24) is 4.98 Å². The van der Waals surface area contributed by atoms with Crippen molar-refractivity contribution in [2.75, 3.05) is 12.3 Å². The number of rotatable bonds is 5. The van der Waals surface area contributed by atoms with E-state index in [2.05, 4.69) is 4.98 Å². The van der Waals surface area contributed by atoms with Crippen molar-refractivity contribution < 1.29 is 18.3 Å². The molecule has 0 radical (unpaired) electrons. The molecule has 0 aliphatic rings. The van der Waals surface area contributed by atoms with E-state index in [9.17, 15) is 8.78 Å². The van der Waals surface area contributed by atoms with E-state index in [1.807, 2.05) is 13.8 Å². The Morgan fingerprint density at radius 2 is 1.81 bits per heavy atom. The Morgan fingerprint density at radius 3 is 2.43 bits per heavy atom. The Kier molecular flexibility index (Phi) is 4.57. The number of nitrogen functional groups attached to an aromatic ring is 1. The largest absolute Gasteiger partial charge is 0.476 e. The first kappa shape index (κ1) is 15.0. The predicted molar refractivity (Wildman–Crippen MR) is 75.4 cm³/mol. The predicted octanol–water partition coefficient (Wildman–Crippen LogP) is 3.77. The molecule has 0 unspecified atom stereocenters. The summed E-state index contributed by atoms with van der Waals surface area (Å²) in [7, 11) is 0. The second-order valence-corrected chi connectivity index (χ2v) is 4.96. The van der Waals surface area contributed by atoms with Crippen LogP contribution in [0.1, 0.15) is 13.8 Å². The second-order valence-electron chi connectivity index (χ2n) is 4.96. The fraction of sp³-hybridized carbons (Fsp3) is 0.267. The minimum absolute atomic E-state index is 0.0135. The molecule has 0 amide bonds. The number of benzene rings is 1. The average molecular weight is 294 g/mol. The van der Waals surface area contributed by atoms with Crippen molar-refractivity contribution in [1.29, 1.82) is 0 Å². The van der Waals surface area contributed by atoms with Gasteiger partial charge in [0.25, 0.3) is 0 Å². The van der Waals surface area contributed by atoms with Crippen LogP contribution in [0, 0.1) is 17.6 Å². The molecule has 0 atom stereocenters. The minimum atomic E-state index is -0.725. The van der Waals surface area contributed by atoms with Gasteiger partial charge < -0.3 is 15.2 Å². The summed E-state index contributed by atoms with van der Waals surface area (Å²) in [6.07, 6.45) is 0. The van der Waals surface area contributed by atoms with Gasteiger partial charge in [0.1, 0.15) is 17.4 Å². The van der Waals surface area contributed by atoms with Crippen molar-refractivity contribution in [3.05, 3.63) is 42.0 Å². The first-order valence-corrected chi connectivity index (χ1v) is 6.47. The van der Waals surface area contributed by atoms with E-state index in [-0.39, 0.29) is 17.5 Å². The molecule has 1 aromatic heterocycles. The zero-order valence-electron chi connectivity index (χ0n) is 11.8. The summed E-state index contributed by atoms with van der Waals surface area (Å²) in [6, 6.07) is 5.96. The number of halogens is 2. The highest BCUT2D eigenvalue weighted by molar-refractivity contribution is 5.49. The Bertz CT molecular complexity index is 613. The van der Waals surface area contributed by atoms with Gasteiger partial charge >= 0.3 is 0 Å². The fourth-order valence-electron chi connectivity index (χ4n) is 1.56. The third-order valence-electron chi connectivity index (χ3n) is 2.48. The van der Waals surface area contributed by atoms with Crippen LogP contribution in [-0.2, 0) is 0 Å². The highest BCUT2D eigenvalue weighted by atomic mass is 19.1. The van der Waals surface area contributed by atoms with Crippen LogP contribution < -0.4 is 15.2 Å². The third-order valence-corrected chi connectivity index (χ3v) is 2.48. The highest BCUT2D eigenvalue weighted by Crippen LogP contribution is 2.27. The number of nitrogens with zero attached hydrogens (tertiary/aromatic N) is 1. The zero-order valence-corrected chi connectivity index (χ0v) is 11.8. The SMILES string of the molecule is CC(C)COc1nc(Oc2cc(F)cc(F)c2)ccc1N. The van der Waals surface area contributed by atoms with Crippen molar-refractivity contribution in [2.45, 2.75) is 13.8 Å². The van der Waals surface area contributed by atoms with Crippen LogP contribution in [0.5, 0.6) is 17.5 Å². The molecule has 0 aliphatic carbocycles. The van der Waals surface area contributed by atoms with E-state index in [0.717, 1.165) is 18.2 Å². The number of hydrogen-bond acceptors (Lipinski definition) is 4. The van der Waals surface area contributed by atoms with Gasteiger partial charge in [-0.05, 0) is 12.0 Å². The smallest absolute Gasteiger partial charge is 0.240 e. The molecule has 2 rings (SSSR count). The summed E-state index contributed by atoms with van der Waals surface area (Å²) >= 11 is 0. The summed E-state index contributed by atoms with van der Waals surface area (Å²) < 4.78 is 37.0. The maximum absolute atomic E-state index is 13.1. The molecule has 0 spiro atoms. The first-order valence-electron chi connectivity index (χ1n) is 6.47. The molecule has 1 heterocycles. The number of ether oxygens (including phenoxy) is 2. The molecule has 4 nitrogen and oxygen atoms in total. The molecule has 0 bridgehead atoms. The van der Waals surface area contributed by atoms with Crippen molar-refractivity contribution in [3.63, 3.8) is 0 Å². The minimum Gasteiger partial charge on any atom is -0.476 e. The summed E-state index contributed by atoms with van der Waals surface area (Å²) in [6.45, 7) is 4.44. The number of hydrogen-bond donors (Lipinski definition) is 1. The second kappa shape index (κ2) is 6.39. The van der Waals surface area contributed by atoms with Gasteiger partial charge in [-0.25, -0.2) is 8.78 Å². The van der Waals surface area contributed by atoms with E-state index in [0.29, 0.717) is 18.2 Å². The van der Waals surface area contributed by atoms with Gasteiger partial charge in [-0.2, -0.15) is 4.98 Å². The molecule has 2 N–H and O–H groups in total. The molecule has 1 aromatic carbocycles. The maximum atomic E-state index is 13.1. The van der Waals surface area contributed by atoms with Gasteiger partial charge in [-0.3, -0.25) is 0 Å². The van der Waals surface area contributed by atoms with Crippen LogP contribution in [0.3, 0.4) is 0 Å². The van der Waals surface area contributed by atoms with Crippen LogP contribution in [0.4, 0.5) is 14.5 Å². The number of pyridine rings is 1. The van der Waals surface area contributed by atoms with Gasteiger partial charge in [0, 0.05) is 24.3 Å². The van der Waals surface area contributed by atoms with Gasteiger partial charge in [-0.15, -0.1) is 0 Å². The zero-order chi connectivity index (χ0) is 15.4. The van der Waals surface area contributed by atoms with E-state index in [1.165, 1.54) is 6.07 Å². The Labute approximate surface area is 121 Å². The van der Waals surface area contributed by atoms with Crippen LogP contribution in [0.25, 0.3) is 0 Å². The first-order chi connectivity index (χ1) is 9.94. The van der Waals surface area contributed by atoms with Crippen molar-refractivity contribution in [3.8, 4) is 17.5 Å². The molecular weight excluding hydrogens is 278 g/mol. The number of nitrogens with two attached hydrogens (primary N) is 1. The molecule has 0 saturated carbocycles. The fourth-order valence-corrected chi connectivity index (χ4v) is 1.56. The van der Waals surface area contributed by atoms with Gasteiger partial charge in [0.05, 0.1) is 12.3 Å². The Morgan fingerprint density at radius 1 is 1.14 bits per heavy atom. The van der Waals surface area contributed by atoms with Crippen LogP contribution >= 0.6 is 0 Å². The van der Waals surface area contributed by atoms with Crippen molar-refractivity contribution >= 4 is 5.69 Å². The third kappa shape index (κ3) is 4.30. The van der Waals surface area contributed by atoms with E-state index < -0.39 is 11.6 Å². The summed E-state index contributed by atoms with van der Waals surface area (Å²) in [5.74, 6) is -0.743. The quantitative estimate of drug-likeness (QED) is 0.912. The molecular formula is C15H16F2N2O2. The molecule has 112 valence electrons. The summed E-state index contributed by atoms with van der Waals surface area (Å²) in [5, 5.41) is 0. The highest BCUT2D eigenvalue weighted by Gasteiger charge is 2.09. The van der Waals surface area contributed by atoms with Gasteiger partial charge in [-0.1, -0.05) is 13.8 Å². The van der Waals surface area contributed by atoms with E-state index >= 15 is 0 Å². The standard InChI is InChI=1S/C15H16F2N2O2/c1-9(2)8-20-15-13(18)3-4-14(19-15)21-12-6-10(16)5-11(17)7-12/h3-7,9H,8,18H2,1-2H3. The Balaban J connectivity index is 2.18. The van der Waals surface area contributed by atoms with E-state index in [4.69, 9.17) is 15.2 Å². The van der Waals surface area contributed by atoms with Crippen molar-refractivity contribution in [2.24, 2.45) is 5.92 Å². The lowest BCUT2D eigenvalue weighted by Gasteiger charge is -2.11. The summed E-state index contributed by atoms with van der Waals surface area (Å²) in [5.41, 5.74) is 6.12. The topological polar surface area (TPSA) is 57.4 Å². The molecule has 6 heteroatoms. The average Bonchev–Trinajstić information content (AvgIpc) is 2.38. The van der Waals surface area contributed by atoms with E-state index in [1.54, 1.807) is 6.07 Å². The summed E-state index contributed by atoms with van der Waals surface area (Å²) in [4.78, 5) is 4.08. The molecule has 0 aliphatic heterocycles. The Hall–Kier alpha value is -2.37. The lowest BCUT2D eigenvalue weighted by atomic mass is 10.2. The maximum Gasteiger partial charge on any atom is 0.240 e. The van der Waals surface area contributed by atoms with Gasteiger partial charge in [0.2, 0.25) is 11.8 Å². The number of anilines is 1. The lowest BCUT2D eigenvalue weighted by Crippen LogP contribution is -2.07. The molecule has 2 aromatic rings. The van der Waals surface area contributed by atoms with Crippen LogP contribution in [0.2, 0.25) is 0 Å². The molecule has 0 fully saturated rings. The molecule has 0 saturated heterocycles. The van der Waals surface area contributed by atoms with Gasteiger partial charge in [0.15, 0.2) is 0 Å². The van der Waals surface area contributed by atoms with Crippen LogP contribution in [0.15, 0.2) is 30.3 Å².